The number of rotatable bonds is 3. The molecule has 1 aliphatic heterocycles. The topological polar surface area (TPSA) is 98.3 Å². The molecule has 0 spiro atoms. The van der Waals surface area contributed by atoms with Gasteiger partial charge in [0.2, 0.25) is 0 Å². The maximum absolute atomic E-state index is 13.0. The lowest BCUT2D eigenvalue weighted by atomic mass is 9.92. The predicted molar refractivity (Wildman–Crippen MR) is 107 cm³/mol. The van der Waals surface area contributed by atoms with Crippen LogP contribution in [0.1, 0.15) is 38.5 Å². The van der Waals surface area contributed by atoms with Gasteiger partial charge in [0.05, 0.1) is 13.2 Å². The molecule has 1 atom stereocenters. The number of hydrogen-bond donors (Lipinski definition) is 1. The van der Waals surface area contributed by atoms with Gasteiger partial charge in [-0.3, -0.25) is 4.68 Å². The third-order valence-corrected chi connectivity index (χ3v) is 4.80. The number of nitrogens with zero attached hydrogens (tertiary/aromatic N) is 5. The second-order valence-corrected chi connectivity index (χ2v) is 8.48. The zero-order valence-corrected chi connectivity index (χ0v) is 17.2. The van der Waals surface area contributed by atoms with Gasteiger partial charge in [0, 0.05) is 25.7 Å². The van der Waals surface area contributed by atoms with Crippen molar-refractivity contribution in [1.82, 2.24) is 24.6 Å². The molecule has 1 N–H and O–H groups in total. The van der Waals surface area contributed by atoms with Crippen molar-refractivity contribution >= 4 is 22.8 Å². The van der Waals surface area contributed by atoms with Crippen LogP contribution in [-0.2, 0) is 18.2 Å². The molecule has 4 rings (SSSR count). The molecule has 9 heteroatoms. The zero-order chi connectivity index (χ0) is 20.6. The fourth-order valence-electron chi connectivity index (χ4n) is 3.44. The standard InChI is InChI=1S/C20H26N6O3/c1-20(2,3)10-17-24-14-9-13(5-6-16(14)29-17)23-19(27)26-7-8-28-11-15(26)18-21-12-22-25(18)4/h5-6,9,12,15H,7-8,10-11H2,1-4H3,(H,23,27). The molecule has 2 aromatic heterocycles. The van der Waals surface area contributed by atoms with Crippen LogP contribution in [0.5, 0.6) is 0 Å². The molecule has 154 valence electrons. The molecule has 1 saturated heterocycles. The highest BCUT2D eigenvalue weighted by Gasteiger charge is 2.31. The Labute approximate surface area is 169 Å². The van der Waals surface area contributed by atoms with E-state index in [0.29, 0.717) is 42.7 Å². The Balaban J connectivity index is 1.52. The maximum Gasteiger partial charge on any atom is 0.322 e. The molecule has 0 aliphatic carbocycles. The molecule has 3 heterocycles. The summed E-state index contributed by atoms with van der Waals surface area (Å²) in [5.41, 5.74) is 2.20. The van der Waals surface area contributed by atoms with E-state index in [2.05, 4.69) is 41.2 Å². The van der Waals surface area contributed by atoms with E-state index in [-0.39, 0.29) is 17.5 Å². The van der Waals surface area contributed by atoms with Gasteiger partial charge < -0.3 is 19.4 Å². The first kappa shape index (κ1) is 19.4. The minimum Gasteiger partial charge on any atom is -0.441 e. The highest BCUT2D eigenvalue weighted by Crippen LogP contribution is 2.27. The summed E-state index contributed by atoms with van der Waals surface area (Å²) in [6.45, 7) is 7.78. The summed E-state index contributed by atoms with van der Waals surface area (Å²) < 4.78 is 13.1. The average molecular weight is 398 g/mol. The number of urea groups is 1. The van der Waals surface area contributed by atoms with Crippen LogP contribution in [0.3, 0.4) is 0 Å². The Bertz CT molecular complexity index is 1020. The lowest BCUT2D eigenvalue weighted by Gasteiger charge is -2.34. The summed E-state index contributed by atoms with van der Waals surface area (Å²) >= 11 is 0. The number of carbonyl (C=O) groups excluding carboxylic acids is 1. The number of amides is 2. The quantitative estimate of drug-likeness (QED) is 0.728. The number of fused-ring (bicyclic) bond motifs is 1. The van der Waals surface area contributed by atoms with Gasteiger partial charge in [0.1, 0.15) is 17.9 Å². The Morgan fingerprint density at radius 2 is 2.17 bits per heavy atom. The van der Waals surface area contributed by atoms with Crippen LogP contribution >= 0.6 is 0 Å². The molecule has 1 fully saturated rings. The van der Waals surface area contributed by atoms with Gasteiger partial charge in [0.25, 0.3) is 0 Å². The number of oxazole rings is 1. The zero-order valence-electron chi connectivity index (χ0n) is 17.2. The molecule has 1 aromatic carbocycles. The number of ether oxygens (including phenoxy) is 1. The van der Waals surface area contributed by atoms with Crippen LogP contribution in [0.2, 0.25) is 0 Å². The minimum absolute atomic E-state index is 0.0864. The first-order chi connectivity index (χ1) is 13.8. The largest absolute Gasteiger partial charge is 0.441 e. The molecule has 0 saturated carbocycles. The third kappa shape index (κ3) is 4.24. The van der Waals surface area contributed by atoms with Crippen LogP contribution in [0.15, 0.2) is 28.9 Å². The van der Waals surface area contributed by atoms with Gasteiger partial charge in [-0.25, -0.2) is 14.8 Å². The van der Waals surface area contributed by atoms with Crippen molar-refractivity contribution in [2.45, 2.75) is 33.2 Å². The fourth-order valence-corrected chi connectivity index (χ4v) is 3.44. The van der Waals surface area contributed by atoms with E-state index < -0.39 is 0 Å². The van der Waals surface area contributed by atoms with Crippen LogP contribution in [0.25, 0.3) is 11.1 Å². The maximum atomic E-state index is 13.0. The summed E-state index contributed by atoms with van der Waals surface area (Å²) in [6, 6.07) is 5.00. The number of nitrogens with one attached hydrogen (secondary N) is 1. The number of benzene rings is 1. The molecule has 1 aliphatic rings. The van der Waals surface area contributed by atoms with Crippen molar-refractivity contribution in [2.75, 3.05) is 25.1 Å². The summed E-state index contributed by atoms with van der Waals surface area (Å²) in [6.07, 6.45) is 2.23. The number of aryl methyl sites for hydroxylation is 1. The molecule has 1 unspecified atom stereocenters. The van der Waals surface area contributed by atoms with E-state index >= 15 is 0 Å². The van der Waals surface area contributed by atoms with Gasteiger partial charge in [0.15, 0.2) is 17.3 Å². The van der Waals surface area contributed by atoms with E-state index in [9.17, 15) is 4.79 Å². The van der Waals surface area contributed by atoms with Gasteiger partial charge >= 0.3 is 6.03 Å². The van der Waals surface area contributed by atoms with Crippen LogP contribution < -0.4 is 5.32 Å². The molecule has 3 aromatic rings. The van der Waals surface area contributed by atoms with Crippen molar-refractivity contribution in [3.63, 3.8) is 0 Å². The molecular formula is C20H26N6O3. The van der Waals surface area contributed by atoms with Crippen LogP contribution in [0.4, 0.5) is 10.5 Å². The van der Waals surface area contributed by atoms with Crippen molar-refractivity contribution in [3.8, 4) is 0 Å². The van der Waals surface area contributed by atoms with Crippen molar-refractivity contribution < 1.29 is 13.9 Å². The smallest absolute Gasteiger partial charge is 0.322 e. The van der Waals surface area contributed by atoms with Crippen molar-refractivity contribution in [2.24, 2.45) is 12.5 Å². The van der Waals surface area contributed by atoms with E-state index in [0.717, 1.165) is 11.9 Å². The van der Waals surface area contributed by atoms with E-state index in [4.69, 9.17) is 9.15 Å². The molecule has 0 bridgehead atoms. The second kappa shape index (κ2) is 7.47. The van der Waals surface area contributed by atoms with Gasteiger partial charge in [-0.15, -0.1) is 0 Å². The normalized spacial score (nSPS) is 17.7. The average Bonchev–Trinajstić information content (AvgIpc) is 3.25. The Morgan fingerprint density at radius 1 is 1.34 bits per heavy atom. The lowest BCUT2D eigenvalue weighted by Crippen LogP contribution is -2.46. The SMILES string of the molecule is Cn1ncnc1C1COCCN1C(=O)Nc1ccc2oc(CC(C)(C)C)nc2c1. The number of hydrogen-bond acceptors (Lipinski definition) is 6. The summed E-state index contributed by atoms with van der Waals surface area (Å²) in [7, 11) is 1.81. The molecule has 0 radical (unpaired) electrons. The first-order valence-electron chi connectivity index (χ1n) is 9.69. The Hall–Kier alpha value is -2.94. The predicted octanol–water partition coefficient (Wildman–Crippen LogP) is 3.15. The number of aromatic nitrogens is 4. The third-order valence-electron chi connectivity index (χ3n) is 4.80. The molecule has 2 amide bonds. The van der Waals surface area contributed by atoms with E-state index in [1.54, 1.807) is 16.6 Å². The van der Waals surface area contributed by atoms with Gasteiger partial charge in [-0.05, 0) is 23.6 Å². The number of carbonyl (C=O) groups is 1. The van der Waals surface area contributed by atoms with E-state index in [1.165, 1.54) is 6.33 Å². The molecule has 29 heavy (non-hydrogen) atoms. The Morgan fingerprint density at radius 3 is 2.90 bits per heavy atom. The highest BCUT2D eigenvalue weighted by atomic mass is 16.5. The monoisotopic (exact) mass is 398 g/mol. The highest BCUT2D eigenvalue weighted by molar-refractivity contribution is 5.92. The Kier molecular flexibility index (Phi) is 4.99. The van der Waals surface area contributed by atoms with Gasteiger partial charge in [-0.2, -0.15) is 5.10 Å². The van der Waals surface area contributed by atoms with Crippen molar-refractivity contribution in [3.05, 3.63) is 36.2 Å². The molecule has 9 nitrogen and oxygen atoms in total. The minimum atomic E-state index is -0.287. The number of morpholine rings is 1. The number of anilines is 1. The second-order valence-electron chi connectivity index (χ2n) is 8.48. The first-order valence-corrected chi connectivity index (χ1v) is 9.69. The molecular weight excluding hydrogens is 372 g/mol. The summed E-state index contributed by atoms with van der Waals surface area (Å²) in [5.74, 6) is 1.39. The van der Waals surface area contributed by atoms with Crippen LogP contribution in [-0.4, -0.2) is 50.4 Å². The lowest BCUT2D eigenvalue weighted by molar-refractivity contribution is 0.0105. The summed E-state index contributed by atoms with van der Waals surface area (Å²) in [5, 5.41) is 7.07. The summed E-state index contributed by atoms with van der Waals surface area (Å²) in [4.78, 5) is 23.6. The van der Waals surface area contributed by atoms with Gasteiger partial charge in [-0.1, -0.05) is 20.8 Å². The van der Waals surface area contributed by atoms with E-state index in [1.807, 2.05) is 18.2 Å². The fraction of sp³-hybridized carbons (Fsp3) is 0.500. The van der Waals surface area contributed by atoms with Crippen LogP contribution in [0, 0.1) is 5.41 Å². The van der Waals surface area contributed by atoms with Crippen molar-refractivity contribution in [1.29, 1.82) is 0 Å².